The van der Waals surface area contributed by atoms with Crippen LogP contribution < -0.4 is 14.2 Å². The van der Waals surface area contributed by atoms with Crippen LogP contribution in [0.3, 0.4) is 0 Å². The SMILES string of the molecule is COc1ccc(C(=O)OCC(=O)N(CCc2ccccc2)Cc2ccccc2)c(OC)c1OC. The van der Waals surface area contributed by atoms with Gasteiger partial charge in [-0.25, -0.2) is 4.79 Å². The number of rotatable bonds is 11. The Morgan fingerprint density at radius 1 is 0.735 bits per heavy atom. The minimum Gasteiger partial charge on any atom is -0.493 e. The summed E-state index contributed by atoms with van der Waals surface area (Å²) in [5, 5.41) is 0. The maximum atomic E-state index is 13.1. The summed E-state index contributed by atoms with van der Waals surface area (Å²) in [5.41, 5.74) is 2.27. The van der Waals surface area contributed by atoms with Gasteiger partial charge in [0, 0.05) is 13.1 Å². The fraction of sp³-hybridized carbons (Fsp3) is 0.259. The van der Waals surface area contributed by atoms with Crippen molar-refractivity contribution in [1.82, 2.24) is 4.90 Å². The van der Waals surface area contributed by atoms with Gasteiger partial charge < -0.3 is 23.8 Å². The molecule has 0 aliphatic heterocycles. The molecule has 7 nitrogen and oxygen atoms in total. The molecule has 0 unspecified atom stereocenters. The van der Waals surface area contributed by atoms with E-state index in [0.29, 0.717) is 25.3 Å². The Kier molecular flexibility index (Phi) is 8.91. The molecule has 3 rings (SSSR count). The molecule has 3 aromatic rings. The number of amides is 1. The summed E-state index contributed by atoms with van der Waals surface area (Å²) < 4.78 is 21.3. The van der Waals surface area contributed by atoms with E-state index in [4.69, 9.17) is 18.9 Å². The molecule has 0 fully saturated rings. The summed E-state index contributed by atoms with van der Waals surface area (Å²) >= 11 is 0. The molecule has 0 atom stereocenters. The van der Waals surface area contributed by atoms with E-state index in [9.17, 15) is 9.59 Å². The van der Waals surface area contributed by atoms with Crippen LogP contribution in [0.5, 0.6) is 17.2 Å². The number of nitrogens with zero attached hydrogens (tertiary/aromatic N) is 1. The number of methoxy groups -OCH3 is 3. The Morgan fingerprint density at radius 3 is 1.94 bits per heavy atom. The van der Waals surface area contributed by atoms with Crippen molar-refractivity contribution < 1.29 is 28.5 Å². The fourth-order valence-corrected chi connectivity index (χ4v) is 3.56. The highest BCUT2D eigenvalue weighted by Gasteiger charge is 2.23. The second-order valence-corrected chi connectivity index (χ2v) is 7.49. The number of carbonyl (C=O) groups excluding carboxylic acids is 2. The molecular formula is C27H29NO6. The van der Waals surface area contributed by atoms with Gasteiger partial charge in [0.05, 0.1) is 21.3 Å². The van der Waals surface area contributed by atoms with Gasteiger partial charge in [0.15, 0.2) is 18.1 Å². The standard InChI is InChI=1S/C27H29NO6/c1-31-23-15-14-22(25(32-2)26(23)33-3)27(30)34-19-24(29)28(18-21-12-8-5-9-13-21)17-16-20-10-6-4-7-11-20/h4-15H,16-19H2,1-3H3. The smallest absolute Gasteiger partial charge is 0.342 e. The van der Waals surface area contributed by atoms with Crippen LogP contribution in [0.1, 0.15) is 21.5 Å². The molecule has 34 heavy (non-hydrogen) atoms. The lowest BCUT2D eigenvalue weighted by atomic mass is 10.1. The molecular weight excluding hydrogens is 434 g/mol. The molecule has 0 aliphatic carbocycles. The Bertz CT molecular complexity index is 1090. The summed E-state index contributed by atoms with van der Waals surface area (Å²) in [6, 6.07) is 22.8. The lowest BCUT2D eigenvalue weighted by Gasteiger charge is -2.23. The van der Waals surface area contributed by atoms with E-state index in [1.807, 2.05) is 60.7 Å². The van der Waals surface area contributed by atoms with Gasteiger partial charge in [-0.15, -0.1) is 0 Å². The van der Waals surface area contributed by atoms with Crippen LogP contribution in [-0.4, -0.2) is 51.3 Å². The van der Waals surface area contributed by atoms with Crippen molar-refractivity contribution in [3.8, 4) is 17.2 Å². The van der Waals surface area contributed by atoms with Crippen molar-refractivity contribution in [3.05, 3.63) is 89.5 Å². The molecule has 0 aliphatic rings. The van der Waals surface area contributed by atoms with Gasteiger partial charge in [-0.05, 0) is 29.7 Å². The lowest BCUT2D eigenvalue weighted by molar-refractivity contribution is -0.135. The van der Waals surface area contributed by atoms with Crippen LogP contribution in [0, 0.1) is 0 Å². The van der Waals surface area contributed by atoms with E-state index >= 15 is 0 Å². The van der Waals surface area contributed by atoms with E-state index in [-0.39, 0.29) is 23.0 Å². The van der Waals surface area contributed by atoms with Crippen molar-refractivity contribution >= 4 is 11.9 Å². The number of esters is 1. The predicted molar refractivity (Wildman–Crippen MR) is 128 cm³/mol. The first kappa shape index (κ1) is 24.6. The summed E-state index contributed by atoms with van der Waals surface area (Å²) in [6.07, 6.45) is 0.691. The maximum absolute atomic E-state index is 13.1. The van der Waals surface area contributed by atoms with E-state index in [0.717, 1.165) is 11.1 Å². The molecule has 0 heterocycles. The summed E-state index contributed by atoms with van der Waals surface area (Å²) in [5.74, 6) is -0.0905. The van der Waals surface area contributed by atoms with Gasteiger partial charge in [-0.1, -0.05) is 60.7 Å². The topological polar surface area (TPSA) is 74.3 Å². The minimum atomic E-state index is -0.686. The van der Waals surface area contributed by atoms with Gasteiger partial charge >= 0.3 is 5.97 Å². The highest BCUT2D eigenvalue weighted by molar-refractivity contribution is 5.95. The molecule has 7 heteroatoms. The molecule has 0 radical (unpaired) electrons. The normalized spacial score (nSPS) is 10.3. The first-order valence-corrected chi connectivity index (χ1v) is 10.9. The predicted octanol–water partition coefficient (Wildman–Crippen LogP) is 4.14. The van der Waals surface area contributed by atoms with Crippen LogP contribution in [0.15, 0.2) is 72.8 Å². The van der Waals surface area contributed by atoms with Gasteiger partial charge in [0.1, 0.15) is 5.56 Å². The maximum Gasteiger partial charge on any atom is 0.342 e. The number of hydrogen-bond acceptors (Lipinski definition) is 6. The Balaban J connectivity index is 1.71. The molecule has 0 spiro atoms. The molecule has 0 bridgehead atoms. The molecule has 3 aromatic carbocycles. The zero-order valence-corrected chi connectivity index (χ0v) is 19.7. The van der Waals surface area contributed by atoms with E-state index in [1.54, 1.807) is 11.0 Å². The van der Waals surface area contributed by atoms with Crippen LogP contribution in [0.25, 0.3) is 0 Å². The third-order valence-electron chi connectivity index (χ3n) is 5.33. The van der Waals surface area contributed by atoms with Crippen LogP contribution in [0.4, 0.5) is 0 Å². The highest BCUT2D eigenvalue weighted by atomic mass is 16.5. The second kappa shape index (κ2) is 12.3. The van der Waals surface area contributed by atoms with Crippen molar-refractivity contribution in [2.75, 3.05) is 34.5 Å². The fourth-order valence-electron chi connectivity index (χ4n) is 3.56. The Labute approximate surface area is 199 Å². The zero-order valence-electron chi connectivity index (χ0n) is 19.7. The van der Waals surface area contributed by atoms with Crippen molar-refractivity contribution in [2.45, 2.75) is 13.0 Å². The number of ether oxygens (including phenoxy) is 4. The van der Waals surface area contributed by atoms with E-state index in [2.05, 4.69) is 0 Å². The third kappa shape index (κ3) is 6.28. The molecule has 0 saturated carbocycles. The van der Waals surface area contributed by atoms with E-state index in [1.165, 1.54) is 27.4 Å². The van der Waals surface area contributed by atoms with Gasteiger partial charge in [0.2, 0.25) is 5.75 Å². The zero-order chi connectivity index (χ0) is 24.3. The first-order chi connectivity index (χ1) is 16.6. The third-order valence-corrected chi connectivity index (χ3v) is 5.33. The van der Waals surface area contributed by atoms with Crippen LogP contribution in [-0.2, 0) is 22.5 Å². The van der Waals surface area contributed by atoms with Crippen LogP contribution in [0.2, 0.25) is 0 Å². The summed E-state index contributed by atoms with van der Waals surface area (Å²) in [7, 11) is 4.36. The van der Waals surface area contributed by atoms with Crippen LogP contribution >= 0.6 is 0 Å². The van der Waals surface area contributed by atoms with E-state index < -0.39 is 12.6 Å². The average molecular weight is 464 g/mol. The molecule has 0 N–H and O–H groups in total. The Hall–Kier alpha value is -4.00. The largest absolute Gasteiger partial charge is 0.493 e. The summed E-state index contributed by atoms with van der Waals surface area (Å²) in [4.78, 5) is 27.5. The molecule has 178 valence electrons. The van der Waals surface area contributed by atoms with Crippen molar-refractivity contribution in [1.29, 1.82) is 0 Å². The quantitative estimate of drug-likeness (QED) is 0.398. The highest BCUT2D eigenvalue weighted by Crippen LogP contribution is 2.39. The molecule has 1 amide bonds. The van der Waals surface area contributed by atoms with Crippen molar-refractivity contribution in [3.63, 3.8) is 0 Å². The number of carbonyl (C=O) groups is 2. The first-order valence-electron chi connectivity index (χ1n) is 10.9. The number of benzene rings is 3. The summed E-state index contributed by atoms with van der Waals surface area (Å²) in [6.45, 7) is 0.524. The second-order valence-electron chi connectivity index (χ2n) is 7.49. The average Bonchev–Trinajstić information content (AvgIpc) is 2.89. The molecule has 0 saturated heterocycles. The monoisotopic (exact) mass is 463 g/mol. The van der Waals surface area contributed by atoms with Gasteiger partial charge in [-0.2, -0.15) is 0 Å². The van der Waals surface area contributed by atoms with Gasteiger partial charge in [0.25, 0.3) is 5.91 Å². The Morgan fingerprint density at radius 2 is 1.35 bits per heavy atom. The molecule has 0 aromatic heterocycles. The van der Waals surface area contributed by atoms with Gasteiger partial charge in [-0.3, -0.25) is 4.79 Å². The number of hydrogen-bond donors (Lipinski definition) is 0. The lowest BCUT2D eigenvalue weighted by Crippen LogP contribution is -2.36. The van der Waals surface area contributed by atoms with Crippen molar-refractivity contribution in [2.24, 2.45) is 0 Å². The minimum absolute atomic E-state index is 0.145.